The van der Waals surface area contributed by atoms with E-state index in [0.717, 1.165) is 24.2 Å². The summed E-state index contributed by atoms with van der Waals surface area (Å²) < 4.78 is 0. The molecule has 2 amide bonds. The molecule has 1 saturated carbocycles. The Balaban J connectivity index is 1.68. The molecule has 5 heteroatoms. The Labute approximate surface area is 197 Å². The number of hydrogen-bond acceptors (Lipinski definition) is 3. The van der Waals surface area contributed by atoms with Gasteiger partial charge in [0, 0.05) is 18.3 Å². The third kappa shape index (κ3) is 7.13. The zero-order valence-corrected chi connectivity index (χ0v) is 20.4. The van der Waals surface area contributed by atoms with Gasteiger partial charge in [-0.15, -0.1) is 11.8 Å². The van der Waals surface area contributed by atoms with E-state index < -0.39 is 6.04 Å². The predicted molar refractivity (Wildman–Crippen MR) is 134 cm³/mol. The zero-order chi connectivity index (χ0) is 22.9. The molecule has 0 unspecified atom stereocenters. The van der Waals surface area contributed by atoms with Crippen LogP contribution >= 0.6 is 11.8 Å². The molecule has 0 bridgehead atoms. The summed E-state index contributed by atoms with van der Waals surface area (Å²) in [5.74, 6) is 1.17. The molecule has 4 nitrogen and oxygen atoms in total. The van der Waals surface area contributed by atoms with E-state index in [0.29, 0.717) is 18.7 Å². The van der Waals surface area contributed by atoms with E-state index in [-0.39, 0.29) is 17.9 Å². The maximum absolute atomic E-state index is 13.3. The van der Waals surface area contributed by atoms with Crippen molar-refractivity contribution in [1.29, 1.82) is 0 Å². The van der Waals surface area contributed by atoms with Gasteiger partial charge >= 0.3 is 0 Å². The van der Waals surface area contributed by atoms with Gasteiger partial charge in [-0.05, 0) is 44.2 Å². The highest BCUT2D eigenvalue weighted by Crippen LogP contribution is 2.21. The number of carbonyl (C=O) groups is 2. The van der Waals surface area contributed by atoms with Crippen molar-refractivity contribution in [2.45, 2.75) is 77.3 Å². The van der Waals surface area contributed by atoms with Gasteiger partial charge in [-0.3, -0.25) is 9.59 Å². The first-order valence-electron chi connectivity index (χ1n) is 11.7. The first-order valence-corrected chi connectivity index (χ1v) is 12.9. The van der Waals surface area contributed by atoms with Gasteiger partial charge in [0.25, 0.3) is 0 Å². The van der Waals surface area contributed by atoms with Crippen molar-refractivity contribution < 1.29 is 9.59 Å². The maximum atomic E-state index is 13.3. The normalized spacial score (nSPS) is 14.8. The van der Waals surface area contributed by atoms with Crippen LogP contribution in [-0.2, 0) is 21.9 Å². The summed E-state index contributed by atoms with van der Waals surface area (Å²) in [5, 5.41) is 3.21. The van der Waals surface area contributed by atoms with E-state index >= 15 is 0 Å². The summed E-state index contributed by atoms with van der Waals surface area (Å²) in [6.45, 7) is 6.58. The number of hydrogen-bond donors (Lipinski definition) is 1. The minimum absolute atomic E-state index is 0.0107. The van der Waals surface area contributed by atoms with Gasteiger partial charge in [-0.25, -0.2) is 0 Å². The van der Waals surface area contributed by atoms with E-state index in [1.807, 2.05) is 6.92 Å². The highest BCUT2D eigenvalue weighted by molar-refractivity contribution is 7.99. The van der Waals surface area contributed by atoms with Crippen LogP contribution in [0.2, 0.25) is 0 Å². The van der Waals surface area contributed by atoms with Crippen molar-refractivity contribution in [2.24, 2.45) is 0 Å². The molecule has 0 spiro atoms. The Bertz CT molecular complexity index is 874. The number of benzene rings is 2. The summed E-state index contributed by atoms with van der Waals surface area (Å²) in [7, 11) is 0. The largest absolute Gasteiger partial charge is 0.352 e. The SMILES string of the molecule is CC[C@@H](C(=O)NC1CCCC1)N(Cc1ccc(C)cc1)C(=O)CSCc1ccc(C)cc1. The van der Waals surface area contributed by atoms with Gasteiger partial charge in [-0.2, -0.15) is 0 Å². The monoisotopic (exact) mass is 452 g/mol. The summed E-state index contributed by atoms with van der Waals surface area (Å²) in [6, 6.07) is 16.5. The Morgan fingerprint density at radius 2 is 1.53 bits per heavy atom. The third-order valence-corrected chi connectivity index (χ3v) is 7.16. The smallest absolute Gasteiger partial charge is 0.243 e. The number of amides is 2. The van der Waals surface area contributed by atoms with Crippen LogP contribution in [0.4, 0.5) is 0 Å². The summed E-state index contributed by atoms with van der Waals surface area (Å²) in [4.78, 5) is 28.3. The van der Waals surface area contributed by atoms with E-state index in [1.54, 1.807) is 16.7 Å². The van der Waals surface area contributed by atoms with E-state index in [1.165, 1.54) is 29.5 Å². The van der Waals surface area contributed by atoms with Crippen molar-refractivity contribution in [3.05, 3.63) is 70.8 Å². The molecule has 1 fully saturated rings. The summed E-state index contributed by atoms with van der Waals surface area (Å²) >= 11 is 1.61. The Morgan fingerprint density at radius 1 is 0.969 bits per heavy atom. The van der Waals surface area contributed by atoms with Gasteiger partial charge in [0.2, 0.25) is 11.8 Å². The molecule has 32 heavy (non-hydrogen) atoms. The number of nitrogens with one attached hydrogen (secondary N) is 1. The summed E-state index contributed by atoms with van der Waals surface area (Å²) in [5.41, 5.74) is 4.69. The lowest BCUT2D eigenvalue weighted by atomic mass is 10.1. The Hall–Kier alpha value is -2.27. The second-order valence-electron chi connectivity index (χ2n) is 8.90. The van der Waals surface area contributed by atoms with Crippen LogP contribution in [0.25, 0.3) is 0 Å². The van der Waals surface area contributed by atoms with Gasteiger partial charge < -0.3 is 10.2 Å². The van der Waals surface area contributed by atoms with E-state index in [2.05, 4.69) is 67.7 Å². The molecule has 0 saturated heterocycles. The lowest BCUT2D eigenvalue weighted by molar-refractivity contribution is -0.139. The molecule has 1 aliphatic rings. The zero-order valence-electron chi connectivity index (χ0n) is 19.6. The fraction of sp³-hybridized carbons (Fsp3) is 0.481. The quantitative estimate of drug-likeness (QED) is 0.525. The van der Waals surface area contributed by atoms with Crippen LogP contribution < -0.4 is 5.32 Å². The Kier molecular flexibility index (Phi) is 9.22. The first-order chi connectivity index (χ1) is 15.5. The highest BCUT2D eigenvalue weighted by atomic mass is 32.2. The third-order valence-electron chi connectivity index (χ3n) is 6.18. The van der Waals surface area contributed by atoms with Crippen LogP contribution in [0.5, 0.6) is 0 Å². The molecule has 0 aliphatic heterocycles. The number of nitrogens with zero attached hydrogens (tertiary/aromatic N) is 1. The van der Waals surface area contributed by atoms with Gasteiger partial charge in [-0.1, -0.05) is 79.4 Å². The molecule has 172 valence electrons. The topological polar surface area (TPSA) is 49.4 Å². The average molecular weight is 453 g/mol. The van der Waals surface area contributed by atoms with Crippen molar-refractivity contribution >= 4 is 23.6 Å². The molecular weight excluding hydrogens is 416 g/mol. The molecule has 2 aromatic carbocycles. The Morgan fingerprint density at radius 3 is 2.09 bits per heavy atom. The highest BCUT2D eigenvalue weighted by Gasteiger charge is 2.30. The first kappa shape index (κ1) is 24.4. The van der Waals surface area contributed by atoms with Gasteiger partial charge in [0.05, 0.1) is 5.75 Å². The van der Waals surface area contributed by atoms with Crippen LogP contribution in [-0.4, -0.2) is 34.6 Å². The molecular formula is C27H36N2O2S. The van der Waals surface area contributed by atoms with Crippen LogP contribution in [0.1, 0.15) is 61.3 Å². The van der Waals surface area contributed by atoms with Crippen LogP contribution in [0.15, 0.2) is 48.5 Å². The fourth-order valence-corrected chi connectivity index (χ4v) is 5.07. The van der Waals surface area contributed by atoms with Gasteiger partial charge in [0.1, 0.15) is 6.04 Å². The lowest BCUT2D eigenvalue weighted by Gasteiger charge is -2.31. The molecule has 1 atom stereocenters. The average Bonchev–Trinajstić information content (AvgIpc) is 3.29. The minimum atomic E-state index is -0.440. The number of thioether (sulfide) groups is 1. The second kappa shape index (κ2) is 12.1. The predicted octanol–water partition coefficient (Wildman–Crippen LogP) is 5.40. The lowest BCUT2D eigenvalue weighted by Crippen LogP contribution is -2.51. The fourth-order valence-electron chi connectivity index (χ4n) is 4.20. The maximum Gasteiger partial charge on any atom is 0.243 e. The van der Waals surface area contributed by atoms with E-state index in [9.17, 15) is 9.59 Å². The molecule has 0 heterocycles. The standard InChI is InChI=1S/C27H36N2O2S/c1-4-25(27(31)28-24-7-5-6-8-24)29(17-22-13-9-20(2)10-14-22)26(30)19-32-18-23-15-11-21(3)12-16-23/h9-16,24-25H,4-8,17-19H2,1-3H3,(H,28,31)/t25-/m0/s1. The number of rotatable bonds is 10. The van der Waals surface area contributed by atoms with Crippen molar-refractivity contribution in [1.82, 2.24) is 10.2 Å². The van der Waals surface area contributed by atoms with Crippen molar-refractivity contribution in [2.75, 3.05) is 5.75 Å². The van der Waals surface area contributed by atoms with Crippen LogP contribution in [0.3, 0.4) is 0 Å². The van der Waals surface area contributed by atoms with Crippen molar-refractivity contribution in [3.8, 4) is 0 Å². The minimum Gasteiger partial charge on any atom is -0.352 e. The number of carbonyl (C=O) groups excluding carboxylic acids is 2. The van der Waals surface area contributed by atoms with E-state index in [4.69, 9.17) is 0 Å². The molecule has 1 aliphatic carbocycles. The number of aryl methyl sites for hydroxylation is 2. The summed E-state index contributed by atoms with van der Waals surface area (Å²) in [6.07, 6.45) is 5.03. The van der Waals surface area contributed by atoms with Crippen molar-refractivity contribution in [3.63, 3.8) is 0 Å². The molecule has 1 N–H and O–H groups in total. The van der Waals surface area contributed by atoms with Gasteiger partial charge in [0.15, 0.2) is 0 Å². The molecule has 2 aromatic rings. The van der Waals surface area contributed by atoms with Crippen LogP contribution in [0, 0.1) is 13.8 Å². The second-order valence-corrected chi connectivity index (χ2v) is 9.89. The molecule has 0 aromatic heterocycles. The molecule has 0 radical (unpaired) electrons. The molecule has 3 rings (SSSR count).